The second-order valence-electron chi connectivity index (χ2n) is 9.64. The minimum absolute atomic E-state index is 0.0209. The summed E-state index contributed by atoms with van der Waals surface area (Å²) in [5.41, 5.74) is 2.27. The molecule has 3 aliphatic rings. The number of hydrogen-bond donors (Lipinski definition) is 1. The van der Waals surface area contributed by atoms with Crippen LogP contribution in [-0.2, 0) is 16.4 Å². The second kappa shape index (κ2) is 7.86. The van der Waals surface area contributed by atoms with Crippen LogP contribution >= 0.6 is 0 Å². The molecule has 2 fully saturated rings. The third kappa shape index (κ3) is 4.00. The number of benzene rings is 2. The molecule has 1 saturated heterocycles. The van der Waals surface area contributed by atoms with Gasteiger partial charge in [-0.15, -0.1) is 0 Å². The predicted octanol–water partition coefficient (Wildman–Crippen LogP) is 3.22. The van der Waals surface area contributed by atoms with Crippen molar-refractivity contribution in [2.24, 2.45) is 10.8 Å². The molecular formula is C25H27N3O4S. The Bertz CT molecular complexity index is 1240. The first-order valence-electron chi connectivity index (χ1n) is 11.2. The van der Waals surface area contributed by atoms with Gasteiger partial charge in [0.05, 0.1) is 28.9 Å². The van der Waals surface area contributed by atoms with Gasteiger partial charge in [0.25, 0.3) is 0 Å². The maximum absolute atomic E-state index is 13.5. The number of sulfonamides is 1. The number of likely N-dealkylation sites (tertiary alicyclic amines) is 1. The van der Waals surface area contributed by atoms with E-state index in [1.165, 1.54) is 5.56 Å². The fraction of sp³-hybridized carbons (Fsp3) is 0.440. The predicted molar refractivity (Wildman–Crippen MR) is 125 cm³/mol. The summed E-state index contributed by atoms with van der Waals surface area (Å²) in [5.74, 6) is 0.624. The molecule has 0 radical (unpaired) electrons. The lowest BCUT2D eigenvalue weighted by molar-refractivity contribution is 0.0642. The van der Waals surface area contributed by atoms with Crippen LogP contribution in [0.4, 0.5) is 5.69 Å². The SMILES string of the molecule is CS(=O)(=O)Nc1ccc2c(c1)C(=O)C1(CO2)CC12CCN(CCc1ccc(C#N)cc1)CC2. The number of nitriles is 1. The van der Waals surface area contributed by atoms with Crippen molar-refractivity contribution in [2.75, 3.05) is 37.2 Å². The lowest BCUT2D eigenvalue weighted by Gasteiger charge is -2.36. The highest BCUT2D eigenvalue weighted by Gasteiger charge is 2.72. The van der Waals surface area contributed by atoms with E-state index >= 15 is 0 Å². The van der Waals surface area contributed by atoms with Gasteiger partial charge in [0, 0.05) is 12.2 Å². The molecule has 2 aromatic carbocycles. The van der Waals surface area contributed by atoms with Crippen molar-refractivity contribution in [3.05, 3.63) is 59.2 Å². The van der Waals surface area contributed by atoms with E-state index in [4.69, 9.17) is 10.00 Å². The van der Waals surface area contributed by atoms with E-state index in [9.17, 15) is 13.2 Å². The highest BCUT2D eigenvalue weighted by atomic mass is 32.2. The highest BCUT2D eigenvalue weighted by Crippen LogP contribution is 2.71. The minimum atomic E-state index is -3.42. The van der Waals surface area contributed by atoms with E-state index in [0.29, 0.717) is 29.2 Å². The van der Waals surface area contributed by atoms with Crippen molar-refractivity contribution in [3.63, 3.8) is 0 Å². The molecule has 0 bridgehead atoms. The molecule has 1 atom stereocenters. The second-order valence-corrected chi connectivity index (χ2v) is 11.4. The summed E-state index contributed by atoms with van der Waals surface area (Å²) >= 11 is 0. The van der Waals surface area contributed by atoms with Crippen LogP contribution in [0.2, 0.25) is 0 Å². The molecule has 5 rings (SSSR count). The fourth-order valence-corrected chi connectivity index (χ4v) is 6.14. The summed E-state index contributed by atoms with van der Waals surface area (Å²) in [6.07, 6.45) is 4.80. The number of rotatable bonds is 5. The zero-order valence-electron chi connectivity index (χ0n) is 18.6. The molecule has 8 heteroatoms. The standard InChI is InChI=1S/C25H27N3O4S/c1-33(30,31)27-20-6-7-22-21(14-20)23(29)25(17-32-22)16-24(25)9-12-28(13-10-24)11-8-18-2-4-19(15-26)5-3-18/h2-7,14,27H,8-13,16-17H2,1H3. The molecule has 1 aliphatic carbocycles. The Morgan fingerprint density at radius 3 is 2.55 bits per heavy atom. The lowest BCUT2D eigenvalue weighted by atomic mass is 9.79. The number of piperidine rings is 1. The van der Waals surface area contributed by atoms with Crippen LogP contribution < -0.4 is 9.46 Å². The number of fused-ring (bicyclic) bond motifs is 2. The Kier molecular flexibility index (Phi) is 5.22. The van der Waals surface area contributed by atoms with Crippen LogP contribution in [0.5, 0.6) is 5.75 Å². The number of Topliss-reactive ketones (excluding diaryl/α,β-unsaturated/α-hetero) is 1. The Balaban J connectivity index is 1.23. The summed E-state index contributed by atoms with van der Waals surface area (Å²) in [6.45, 7) is 3.27. The average molecular weight is 466 g/mol. The molecule has 0 amide bonds. The van der Waals surface area contributed by atoms with Gasteiger partial charge in [-0.05, 0) is 80.1 Å². The molecule has 172 valence electrons. The third-order valence-electron chi connectivity index (χ3n) is 7.58. The number of carbonyl (C=O) groups excluding carboxylic acids is 1. The van der Waals surface area contributed by atoms with Crippen LogP contribution in [0.15, 0.2) is 42.5 Å². The maximum Gasteiger partial charge on any atom is 0.229 e. The van der Waals surface area contributed by atoms with Gasteiger partial charge in [-0.3, -0.25) is 9.52 Å². The van der Waals surface area contributed by atoms with E-state index in [0.717, 1.165) is 51.6 Å². The average Bonchev–Trinajstić information content (AvgIpc) is 3.42. The molecule has 1 unspecified atom stereocenters. The number of ether oxygens (including phenoxy) is 1. The number of anilines is 1. The Hall–Kier alpha value is -2.89. The first-order chi connectivity index (χ1) is 15.7. The van der Waals surface area contributed by atoms with E-state index in [2.05, 4.69) is 15.7 Å². The minimum Gasteiger partial charge on any atom is -0.492 e. The van der Waals surface area contributed by atoms with Gasteiger partial charge in [-0.2, -0.15) is 5.26 Å². The van der Waals surface area contributed by atoms with Gasteiger partial charge in [-0.1, -0.05) is 12.1 Å². The van der Waals surface area contributed by atoms with Crippen LogP contribution in [0, 0.1) is 22.2 Å². The molecule has 1 saturated carbocycles. The van der Waals surface area contributed by atoms with Crippen molar-refractivity contribution in [1.29, 1.82) is 5.26 Å². The quantitative estimate of drug-likeness (QED) is 0.728. The van der Waals surface area contributed by atoms with E-state index < -0.39 is 15.4 Å². The molecular weight excluding hydrogens is 438 g/mol. The van der Waals surface area contributed by atoms with Crippen LogP contribution in [-0.4, -0.2) is 51.6 Å². The van der Waals surface area contributed by atoms with E-state index in [-0.39, 0.29) is 11.2 Å². The zero-order valence-corrected chi connectivity index (χ0v) is 19.5. The van der Waals surface area contributed by atoms with Crippen molar-refractivity contribution >= 4 is 21.5 Å². The Morgan fingerprint density at radius 1 is 1.15 bits per heavy atom. The lowest BCUT2D eigenvalue weighted by Crippen LogP contribution is -2.42. The van der Waals surface area contributed by atoms with E-state index in [1.54, 1.807) is 18.2 Å². The summed E-state index contributed by atoms with van der Waals surface area (Å²) in [6, 6.07) is 14.8. The van der Waals surface area contributed by atoms with Crippen LogP contribution in [0.25, 0.3) is 0 Å². The molecule has 0 aromatic heterocycles. The van der Waals surface area contributed by atoms with Crippen molar-refractivity contribution in [3.8, 4) is 11.8 Å². The number of nitrogens with one attached hydrogen (secondary N) is 1. The van der Waals surface area contributed by atoms with Gasteiger partial charge in [0.1, 0.15) is 12.4 Å². The highest BCUT2D eigenvalue weighted by molar-refractivity contribution is 7.92. The smallest absolute Gasteiger partial charge is 0.229 e. The van der Waals surface area contributed by atoms with E-state index in [1.807, 2.05) is 24.3 Å². The maximum atomic E-state index is 13.5. The summed E-state index contributed by atoms with van der Waals surface area (Å²) in [7, 11) is -3.42. The Labute approximate surface area is 194 Å². The molecule has 2 spiro atoms. The molecule has 2 aromatic rings. The van der Waals surface area contributed by atoms with Crippen molar-refractivity contribution < 1.29 is 17.9 Å². The summed E-state index contributed by atoms with van der Waals surface area (Å²) in [4.78, 5) is 16.0. The number of nitrogens with zero attached hydrogens (tertiary/aromatic N) is 2. The Morgan fingerprint density at radius 2 is 1.88 bits per heavy atom. The van der Waals surface area contributed by atoms with Gasteiger partial charge >= 0.3 is 0 Å². The van der Waals surface area contributed by atoms with Crippen LogP contribution in [0.3, 0.4) is 0 Å². The molecule has 7 nitrogen and oxygen atoms in total. The normalized spacial score (nSPS) is 23.6. The molecule has 33 heavy (non-hydrogen) atoms. The largest absolute Gasteiger partial charge is 0.492 e. The molecule has 1 N–H and O–H groups in total. The van der Waals surface area contributed by atoms with Crippen LogP contribution in [0.1, 0.15) is 40.7 Å². The first-order valence-corrected chi connectivity index (χ1v) is 13.1. The third-order valence-corrected chi connectivity index (χ3v) is 8.19. The van der Waals surface area contributed by atoms with Gasteiger partial charge in [0.15, 0.2) is 5.78 Å². The summed E-state index contributed by atoms with van der Waals surface area (Å²) in [5, 5.41) is 8.94. The number of hydrogen-bond acceptors (Lipinski definition) is 6. The number of ketones is 1. The first kappa shape index (κ1) is 21.9. The monoisotopic (exact) mass is 465 g/mol. The molecule has 2 aliphatic heterocycles. The van der Waals surface area contributed by atoms with Crippen molar-refractivity contribution in [1.82, 2.24) is 4.90 Å². The fourth-order valence-electron chi connectivity index (χ4n) is 5.59. The summed E-state index contributed by atoms with van der Waals surface area (Å²) < 4.78 is 31.6. The topological polar surface area (TPSA) is 99.5 Å². The van der Waals surface area contributed by atoms with Gasteiger partial charge in [0.2, 0.25) is 10.0 Å². The van der Waals surface area contributed by atoms with Gasteiger partial charge < -0.3 is 9.64 Å². The molecule has 2 heterocycles. The zero-order chi connectivity index (χ0) is 23.3. The number of carbonyl (C=O) groups is 1. The van der Waals surface area contributed by atoms with Gasteiger partial charge in [-0.25, -0.2) is 8.42 Å². The van der Waals surface area contributed by atoms with Crippen molar-refractivity contribution in [2.45, 2.75) is 25.7 Å².